The fraction of sp³-hybridized carbons (Fsp3) is 0.308. The van der Waals surface area contributed by atoms with Crippen molar-refractivity contribution in [1.29, 1.82) is 0 Å². The van der Waals surface area contributed by atoms with Crippen LogP contribution < -0.4 is 11.0 Å². The number of aryl methyl sites for hydroxylation is 2. The van der Waals surface area contributed by atoms with Crippen LogP contribution in [0.15, 0.2) is 28.2 Å². The van der Waals surface area contributed by atoms with Gasteiger partial charge in [-0.25, -0.2) is 9.89 Å². The fourth-order valence-corrected chi connectivity index (χ4v) is 2.55. The van der Waals surface area contributed by atoms with Gasteiger partial charge in [0, 0.05) is 12.7 Å². The summed E-state index contributed by atoms with van der Waals surface area (Å²) in [5, 5.41) is 9.49. The molecule has 0 unspecified atom stereocenters. The average molecular weight is 292 g/mol. The Hall–Kier alpha value is -2.02. The largest absolute Gasteiger partial charge is 0.343 e. The quantitative estimate of drug-likeness (QED) is 0.836. The van der Waals surface area contributed by atoms with Crippen molar-refractivity contribution in [2.24, 2.45) is 7.05 Å². The van der Waals surface area contributed by atoms with Gasteiger partial charge in [-0.05, 0) is 37.1 Å². The van der Waals surface area contributed by atoms with E-state index in [-0.39, 0.29) is 17.3 Å². The van der Waals surface area contributed by atoms with Crippen molar-refractivity contribution in [3.63, 3.8) is 0 Å². The van der Waals surface area contributed by atoms with Gasteiger partial charge in [0.2, 0.25) is 5.91 Å². The van der Waals surface area contributed by atoms with Crippen LogP contribution in [0, 0.1) is 13.8 Å². The van der Waals surface area contributed by atoms with E-state index in [0.717, 1.165) is 16.8 Å². The number of aromatic nitrogens is 3. The van der Waals surface area contributed by atoms with Crippen LogP contribution in [-0.2, 0) is 11.8 Å². The third kappa shape index (κ3) is 3.51. The maximum atomic E-state index is 11.9. The number of nitrogens with one attached hydrogen (secondary N) is 2. The minimum atomic E-state index is -0.290. The number of carbonyl (C=O) groups excluding carboxylic acids is 1. The van der Waals surface area contributed by atoms with E-state index >= 15 is 0 Å². The summed E-state index contributed by atoms with van der Waals surface area (Å²) >= 11 is 1.21. The van der Waals surface area contributed by atoms with Gasteiger partial charge in [-0.1, -0.05) is 17.8 Å². The Balaban J connectivity index is 1.96. The van der Waals surface area contributed by atoms with Crippen LogP contribution in [0.4, 0.5) is 5.69 Å². The maximum Gasteiger partial charge on any atom is 0.343 e. The van der Waals surface area contributed by atoms with Crippen molar-refractivity contribution in [3.8, 4) is 0 Å². The Labute approximate surface area is 120 Å². The molecule has 106 valence electrons. The minimum Gasteiger partial charge on any atom is -0.325 e. The van der Waals surface area contributed by atoms with Gasteiger partial charge in [0.1, 0.15) is 0 Å². The molecule has 0 saturated heterocycles. The normalized spacial score (nSPS) is 10.6. The SMILES string of the molecule is Cc1cc(C)cc(NC(=O)CSc2n[nH]c(=O)n2C)c1. The lowest BCUT2D eigenvalue weighted by atomic mass is 10.1. The summed E-state index contributed by atoms with van der Waals surface area (Å²) in [5.74, 6) is 0.0703. The Morgan fingerprint density at radius 1 is 1.35 bits per heavy atom. The molecular weight excluding hydrogens is 276 g/mol. The molecule has 0 radical (unpaired) electrons. The summed E-state index contributed by atoms with van der Waals surface area (Å²) in [5.41, 5.74) is 2.69. The number of H-pyrrole nitrogens is 1. The number of rotatable bonds is 4. The number of hydrogen-bond donors (Lipinski definition) is 2. The molecule has 1 heterocycles. The van der Waals surface area contributed by atoms with Crippen LogP contribution in [0.25, 0.3) is 0 Å². The van der Waals surface area contributed by atoms with Crippen molar-refractivity contribution in [2.75, 3.05) is 11.1 Å². The molecule has 1 aromatic carbocycles. The molecular formula is C13H16N4O2S. The molecule has 1 aromatic heterocycles. The van der Waals surface area contributed by atoms with Gasteiger partial charge >= 0.3 is 5.69 Å². The molecule has 0 aliphatic heterocycles. The topological polar surface area (TPSA) is 79.8 Å². The highest BCUT2D eigenvalue weighted by Crippen LogP contribution is 2.16. The van der Waals surface area contributed by atoms with Crippen LogP contribution in [0.2, 0.25) is 0 Å². The second-order valence-electron chi connectivity index (χ2n) is 4.58. The van der Waals surface area contributed by atoms with Crippen LogP contribution in [-0.4, -0.2) is 26.4 Å². The summed E-state index contributed by atoms with van der Waals surface area (Å²) in [6.07, 6.45) is 0. The van der Waals surface area contributed by atoms with Gasteiger partial charge in [0.05, 0.1) is 5.75 Å². The number of carbonyl (C=O) groups is 1. The monoisotopic (exact) mass is 292 g/mol. The van der Waals surface area contributed by atoms with Crippen LogP contribution in [0.5, 0.6) is 0 Å². The second kappa shape index (κ2) is 5.96. The average Bonchev–Trinajstić information content (AvgIpc) is 2.66. The predicted molar refractivity (Wildman–Crippen MR) is 79.1 cm³/mol. The van der Waals surface area contributed by atoms with Crippen molar-refractivity contribution in [1.82, 2.24) is 14.8 Å². The summed E-state index contributed by atoms with van der Waals surface area (Å²) < 4.78 is 1.37. The highest BCUT2D eigenvalue weighted by molar-refractivity contribution is 7.99. The van der Waals surface area contributed by atoms with Crippen molar-refractivity contribution >= 4 is 23.4 Å². The molecule has 6 nitrogen and oxygen atoms in total. The summed E-state index contributed by atoms with van der Waals surface area (Å²) in [7, 11) is 1.61. The summed E-state index contributed by atoms with van der Waals surface area (Å²) in [4.78, 5) is 23.1. The zero-order chi connectivity index (χ0) is 14.7. The van der Waals surface area contributed by atoms with E-state index in [1.165, 1.54) is 16.3 Å². The number of benzene rings is 1. The molecule has 1 amide bonds. The Bertz CT molecular complexity index is 670. The minimum absolute atomic E-state index is 0.129. The molecule has 0 aliphatic rings. The number of amides is 1. The van der Waals surface area contributed by atoms with Gasteiger partial charge in [-0.3, -0.25) is 9.36 Å². The smallest absolute Gasteiger partial charge is 0.325 e. The van der Waals surface area contributed by atoms with Crippen LogP contribution in [0.1, 0.15) is 11.1 Å². The Morgan fingerprint density at radius 2 is 2.00 bits per heavy atom. The van der Waals surface area contributed by atoms with Crippen LogP contribution >= 0.6 is 11.8 Å². The van der Waals surface area contributed by atoms with E-state index in [1.54, 1.807) is 7.05 Å². The van der Waals surface area contributed by atoms with Gasteiger partial charge in [-0.15, -0.1) is 5.10 Å². The lowest BCUT2D eigenvalue weighted by Gasteiger charge is -2.07. The molecule has 0 fully saturated rings. The van der Waals surface area contributed by atoms with Gasteiger partial charge < -0.3 is 5.32 Å². The highest BCUT2D eigenvalue weighted by Gasteiger charge is 2.09. The molecule has 20 heavy (non-hydrogen) atoms. The van der Waals surface area contributed by atoms with Crippen molar-refractivity contribution in [3.05, 3.63) is 39.8 Å². The maximum absolute atomic E-state index is 11.9. The van der Waals surface area contributed by atoms with Crippen molar-refractivity contribution < 1.29 is 4.79 Å². The molecule has 0 atom stereocenters. The van der Waals surface area contributed by atoms with Crippen LogP contribution in [0.3, 0.4) is 0 Å². The van der Waals surface area contributed by atoms with E-state index in [2.05, 4.69) is 15.5 Å². The van der Waals surface area contributed by atoms with Crippen molar-refractivity contribution in [2.45, 2.75) is 19.0 Å². The Morgan fingerprint density at radius 3 is 2.55 bits per heavy atom. The molecule has 2 aromatic rings. The first kappa shape index (κ1) is 14.4. The van der Waals surface area contributed by atoms with Gasteiger partial charge in [-0.2, -0.15) is 0 Å². The standard InChI is InChI=1S/C13H16N4O2S/c1-8-4-9(2)6-10(5-8)14-11(18)7-20-13-16-15-12(19)17(13)3/h4-6H,7H2,1-3H3,(H,14,18)(H,15,19). The van der Waals surface area contributed by atoms with Gasteiger partial charge in [0.15, 0.2) is 5.16 Å². The molecule has 7 heteroatoms. The number of anilines is 1. The van der Waals surface area contributed by atoms with E-state index < -0.39 is 0 Å². The highest BCUT2D eigenvalue weighted by atomic mass is 32.2. The molecule has 0 saturated carbocycles. The molecule has 0 bridgehead atoms. The second-order valence-corrected chi connectivity index (χ2v) is 5.53. The summed E-state index contributed by atoms with van der Waals surface area (Å²) in [6, 6.07) is 5.88. The number of thioether (sulfide) groups is 1. The van der Waals surface area contributed by atoms with E-state index in [4.69, 9.17) is 0 Å². The molecule has 2 N–H and O–H groups in total. The Kier molecular flexibility index (Phi) is 4.29. The number of nitrogens with zero attached hydrogens (tertiary/aromatic N) is 2. The number of aromatic amines is 1. The van der Waals surface area contributed by atoms with E-state index in [1.807, 2.05) is 32.0 Å². The number of hydrogen-bond acceptors (Lipinski definition) is 4. The van der Waals surface area contributed by atoms with Gasteiger partial charge in [0.25, 0.3) is 0 Å². The third-order valence-corrected chi connectivity index (χ3v) is 3.71. The molecule has 0 aliphatic carbocycles. The first-order chi connectivity index (χ1) is 9.45. The lowest BCUT2D eigenvalue weighted by molar-refractivity contribution is -0.113. The zero-order valence-corrected chi connectivity index (χ0v) is 12.4. The molecule has 2 rings (SSSR count). The molecule has 0 spiro atoms. The predicted octanol–water partition coefficient (Wildman–Crippen LogP) is 1.46. The third-order valence-electron chi connectivity index (χ3n) is 2.68. The first-order valence-corrected chi connectivity index (χ1v) is 7.06. The zero-order valence-electron chi connectivity index (χ0n) is 11.6. The fourth-order valence-electron chi connectivity index (χ4n) is 1.84. The van der Waals surface area contributed by atoms with E-state index in [0.29, 0.717) is 5.16 Å². The van der Waals surface area contributed by atoms with E-state index in [9.17, 15) is 9.59 Å². The lowest BCUT2D eigenvalue weighted by Crippen LogP contribution is -2.16. The first-order valence-electron chi connectivity index (χ1n) is 6.08. The summed E-state index contributed by atoms with van der Waals surface area (Å²) in [6.45, 7) is 3.97.